The van der Waals surface area contributed by atoms with E-state index < -0.39 is 30.6 Å². The summed E-state index contributed by atoms with van der Waals surface area (Å²) in [5.41, 5.74) is 0. The van der Waals surface area contributed by atoms with E-state index >= 15 is 0 Å². The van der Waals surface area contributed by atoms with Crippen molar-refractivity contribution in [2.75, 3.05) is 6.61 Å². The average Bonchev–Trinajstić information content (AvgIpc) is 2.52. The molecular weight excluding hydrogens is 190 g/mol. The zero-order valence-electron chi connectivity index (χ0n) is 7.70. The summed E-state index contributed by atoms with van der Waals surface area (Å²) in [4.78, 5) is 3.99. The molecule has 0 saturated carbocycles. The molecule has 0 aromatic rings. The van der Waals surface area contributed by atoms with Crippen LogP contribution < -0.4 is 0 Å². The first kappa shape index (κ1) is 9.85. The first-order valence-corrected chi connectivity index (χ1v) is 4.47. The molecule has 0 aromatic carbocycles. The van der Waals surface area contributed by atoms with Crippen molar-refractivity contribution in [3.8, 4) is 0 Å². The minimum absolute atomic E-state index is 0.357. The first-order chi connectivity index (χ1) is 6.63. The highest BCUT2D eigenvalue weighted by Crippen LogP contribution is 2.28. The summed E-state index contributed by atoms with van der Waals surface area (Å²) in [5.74, 6) is 0.421. The van der Waals surface area contributed by atoms with Crippen LogP contribution in [0.2, 0.25) is 0 Å². The molecule has 6 nitrogen and oxygen atoms in total. The van der Waals surface area contributed by atoms with E-state index in [-0.39, 0.29) is 6.61 Å². The Hall–Kier alpha value is -0.690. The maximum Gasteiger partial charge on any atom is 0.227 e. The van der Waals surface area contributed by atoms with Crippen LogP contribution >= 0.6 is 0 Å². The van der Waals surface area contributed by atoms with Gasteiger partial charge in [-0.3, -0.25) is 0 Å². The molecule has 0 aromatic heterocycles. The molecule has 14 heavy (non-hydrogen) atoms. The predicted molar refractivity (Wildman–Crippen MR) is 45.7 cm³/mol. The summed E-state index contributed by atoms with van der Waals surface area (Å²) in [5, 5.41) is 28.0. The zero-order valence-corrected chi connectivity index (χ0v) is 7.70. The third-order valence-electron chi connectivity index (χ3n) is 2.47. The normalized spacial score (nSPS) is 46.9. The van der Waals surface area contributed by atoms with Crippen LogP contribution in [0.15, 0.2) is 4.99 Å². The fourth-order valence-electron chi connectivity index (χ4n) is 1.71. The highest BCUT2D eigenvalue weighted by atomic mass is 16.7. The molecule has 2 rings (SSSR count). The minimum atomic E-state index is -1.13. The van der Waals surface area contributed by atoms with E-state index in [1.54, 1.807) is 6.92 Å². The fourth-order valence-corrected chi connectivity index (χ4v) is 1.71. The lowest BCUT2D eigenvalue weighted by Crippen LogP contribution is -2.56. The zero-order chi connectivity index (χ0) is 10.3. The third kappa shape index (κ3) is 1.40. The molecule has 0 amide bonds. The summed E-state index contributed by atoms with van der Waals surface area (Å²) in [7, 11) is 0. The Balaban J connectivity index is 2.14. The van der Waals surface area contributed by atoms with Crippen molar-refractivity contribution in [3.63, 3.8) is 0 Å². The maximum absolute atomic E-state index is 9.64. The number of aliphatic imine (C=N–C) groups is 1. The van der Waals surface area contributed by atoms with Crippen LogP contribution in [-0.4, -0.2) is 58.5 Å². The highest BCUT2D eigenvalue weighted by Gasteiger charge is 2.48. The Morgan fingerprint density at radius 3 is 2.71 bits per heavy atom. The summed E-state index contributed by atoms with van der Waals surface area (Å²) >= 11 is 0. The lowest BCUT2D eigenvalue weighted by atomic mass is 9.98. The van der Waals surface area contributed by atoms with E-state index in [9.17, 15) is 10.2 Å². The topological polar surface area (TPSA) is 91.5 Å². The molecule has 2 aliphatic heterocycles. The molecule has 80 valence electrons. The van der Waals surface area contributed by atoms with Gasteiger partial charge in [0.15, 0.2) is 5.90 Å². The number of ether oxygens (including phenoxy) is 2. The predicted octanol–water partition coefficient (Wildman–Crippen LogP) is -1.76. The van der Waals surface area contributed by atoms with Gasteiger partial charge < -0.3 is 24.8 Å². The Bertz CT molecular complexity index is 256. The van der Waals surface area contributed by atoms with Gasteiger partial charge in [-0.1, -0.05) is 0 Å². The molecule has 1 saturated heterocycles. The number of fused-ring (bicyclic) bond motifs is 1. The van der Waals surface area contributed by atoms with Gasteiger partial charge in [-0.2, -0.15) is 0 Å². The molecule has 5 atom stereocenters. The summed E-state index contributed by atoms with van der Waals surface area (Å²) in [6.45, 7) is 1.29. The van der Waals surface area contributed by atoms with Crippen LogP contribution in [0.3, 0.4) is 0 Å². The summed E-state index contributed by atoms with van der Waals surface area (Å²) in [6.07, 6.45) is -3.68. The Kier molecular flexibility index (Phi) is 2.44. The summed E-state index contributed by atoms with van der Waals surface area (Å²) in [6, 6.07) is -0.590. The van der Waals surface area contributed by atoms with E-state index in [2.05, 4.69) is 4.99 Å². The lowest BCUT2D eigenvalue weighted by Gasteiger charge is -2.36. The van der Waals surface area contributed by atoms with Crippen molar-refractivity contribution < 1.29 is 24.8 Å². The van der Waals surface area contributed by atoms with Crippen LogP contribution in [0.5, 0.6) is 0 Å². The Labute approximate surface area is 80.8 Å². The van der Waals surface area contributed by atoms with Gasteiger partial charge in [0.05, 0.1) is 6.61 Å². The minimum Gasteiger partial charge on any atom is -0.450 e. The first-order valence-electron chi connectivity index (χ1n) is 4.47. The summed E-state index contributed by atoms with van der Waals surface area (Å²) < 4.78 is 10.4. The van der Waals surface area contributed by atoms with Gasteiger partial charge in [0.1, 0.15) is 24.4 Å². The molecule has 6 heteroatoms. The number of aliphatic hydroxyl groups is 3. The van der Waals surface area contributed by atoms with E-state index in [4.69, 9.17) is 14.6 Å². The van der Waals surface area contributed by atoms with Gasteiger partial charge >= 0.3 is 0 Å². The number of rotatable bonds is 1. The number of nitrogens with zero attached hydrogens (tertiary/aromatic N) is 1. The maximum atomic E-state index is 9.64. The van der Waals surface area contributed by atoms with Gasteiger partial charge in [-0.05, 0) is 0 Å². The molecule has 0 aliphatic carbocycles. The third-order valence-corrected chi connectivity index (χ3v) is 2.47. The largest absolute Gasteiger partial charge is 0.450 e. The average molecular weight is 203 g/mol. The molecule has 0 bridgehead atoms. The second kappa shape index (κ2) is 3.47. The van der Waals surface area contributed by atoms with Crippen LogP contribution in [0.1, 0.15) is 6.92 Å². The SMILES string of the molecule is CC1=NC2C(O)[C@H](O)C(CO)O[C@H]2O1. The molecular formula is C8H13NO5. The van der Waals surface area contributed by atoms with Gasteiger partial charge in [0.2, 0.25) is 6.29 Å². The van der Waals surface area contributed by atoms with E-state index in [1.807, 2.05) is 0 Å². The van der Waals surface area contributed by atoms with Crippen molar-refractivity contribution >= 4 is 5.90 Å². The molecule has 0 spiro atoms. The number of hydrogen-bond acceptors (Lipinski definition) is 6. The van der Waals surface area contributed by atoms with Crippen LogP contribution in [-0.2, 0) is 9.47 Å². The second-order valence-electron chi connectivity index (χ2n) is 3.46. The number of aliphatic hydroxyl groups excluding tert-OH is 3. The lowest BCUT2D eigenvalue weighted by molar-refractivity contribution is -0.234. The molecule has 2 aliphatic rings. The van der Waals surface area contributed by atoms with E-state index in [0.717, 1.165) is 0 Å². The molecule has 0 radical (unpaired) electrons. The van der Waals surface area contributed by atoms with Crippen LogP contribution in [0, 0.1) is 0 Å². The Morgan fingerprint density at radius 1 is 1.36 bits per heavy atom. The molecule has 1 fully saturated rings. The molecule has 3 unspecified atom stereocenters. The van der Waals surface area contributed by atoms with Gasteiger partial charge in [0, 0.05) is 6.92 Å². The van der Waals surface area contributed by atoms with Gasteiger partial charge in [-0.25, -0.2) is 4.99 Å². The van der Waals surface area contributed by atoms with E-state index in [1.165, 1.54) is 0 Å². The monoisotopic (exact) mass is 203 g/mol. The quantitative estimate of drug-likeness (QED) is 0.469. The number of hydrogen-bond donors (Lipinski definition) is 3. The van der Waals surface area contributed by atoms with Crippen molar-refractivity contribution in [2.45, 2.75) is 37.6 Å². The van der Waals surface area contributed by atoms with Crippen molar-refractivity contribution in [1.29, 1.82) is 0 Å². The standard InChI is InChI=1S/C8H13NO5/c1-3-9-5-7(12)6(11)4(2-10)14-8(5)13-3/h4-8,10-12H,2H2,1H3/t4?,5?,6-,7?,8-/m1/s1. The highest BCUT2D eigenvalue weighted by molar-refractivity contribution is 5.75. The van der Waals surface area contributed by atoms with Crippen molar-refractivity contribution in [1.82, 2.24) is 0 Å². The molecule has 2 heterocycles. The smallest absolute Gasteiger partial charge is 0.227 e. The molecule has 3 N–H and O–H groups in total. The van der Waals surface area contributed by atoms with Crippen LogP contribution in [0.4, 0.5) is 0 Å². The van der Waals surface area contributed by atoms with Gasteiger partial charge in [-0.15, -0.1) is 0 Å². The van der Waals surface area contributed by atoms with Crippen molar-refractivity contribution in [3.05, 3.63) is 0 Å². The fraction of sp³-hybridized carbons (Fsp3) is 0.875. The van der Waals surface area contributed by atoms with Crippen molar-refractivity contribution in [2.24, 2.45) is 4.99 Å². The van der Waals surface area contributed by atoms with E-state index in [0.29, 0.717) is 5.90 Å². The van der Waals surface area contributed by atoms with Gasteiger partial charge in [0.25, 0.3) is 0 Å². The van der Waals surface area contributed by atoms with Crippen LogP contribution in [0.25, 0.3) is 0 Å². The second-order valence-corrected chi connectivity index (χ2v) is 3.46. The Morgan fingerprint density at radius 2 is 2.07 bits per heavy atom.